The number of benzene rings is 1. The summed E-state index contributed by atoms with van der Waals surface area (Å²) in [6.45, 7) is 0. The number of phenols is 1. The van der Waals surface area contributed by atoms with Gasteiger partial charge in [0.2, 0.25) is 5.91 Å². The number of aliphatic carboxylic acids is 1. The van der Waals surface area contributed by atoms with Crippen molar-refractivity contribution in [3.8, 4) is 5.75 Å². The van der Waals surface area contributed by atoms with Gasteiger partial charge >= 0.3 is 5.97 Å². The van der Waals surface area contributed by atoms with Crippen molar-refractivity contribution < 1.29 is 19.8 Å². The first kappa shape index (κ1) is 15.4. The molecule has 0 aliphatic heterocycles. The number of nitrogens with one attached hydrogen (secondary N) is 1. The maximum absolute atomic E-state index is 12.0. The van der Waals surface area contributed by atoms with Crippen molar-refractivity contribution in [3.05, 3.63) is 29.8 Å². The number of aromatic hydroxyl groups is 1. The van der Waals surface area contributed by atoms with E-state index < -0.39 is 12.0 Å². The quantitative estimate of drug-likeness (QED) is 0.775. The van der Waals surface area contributed by atoms with E-state index in [0.29, 0.717) is 5.56 Å². The number of amides is 1. The van der Waals surface area contributed by atoms with Crippen molar-refractivity contribution in [1.82, 2.24) is 5.32 Å². The number of phenolic OH excluding ortho intramolecular Hbond substituents is 1. The molecular formula is C16H21NO4. The summed E-state index contributed by atoms with van der Waals surface area (Å²) < 4.78 is 0. The summed E-state index contributed by atoms with van der Waals surface area (Å²) in [6.07, 6.45) is 4.96. The molecule has 1 saturated carbocycles. The molecule has 0 aromatic heterocycles. The second-order valence-corrected chi connectivity index (χ2v) is 5.63. The number of hydrogen-bond acceptors (Lipinski definition) is 3. The van der Waals surface area contributed by atoms with E-state index in [-0.39, 0.29) is 24.0 Å². The van der Waals surface area contributed by atoms with Gasteiger partial charge in [0.25, 0.3) is 0 Å². The maximum Gasteiger partial charge on any atom is 0.326 e. The van der Waals surface area contributed by atoms with Crippen LogP contribution in [0.1, 0.15) is 37.7 Å². The third-order valence-electron chi connectivity index (χ3n) is 3.98. The van der Waals surface area contributed by atoms with E-state index in [1.165, 1.54) is 12.1 Å². The van der Waals surface area contributed by atoms with E-state index in [2.05, 4.69) is 5.32 Å². The van der Waals surface area contributed by atoms with Gasteiger partial charge in [0.1, 0.15) is 11.8 Å². The van der Waals surface area contributed by atoms with E-state index in [1.807, 2.05) is 0 Å². The van der Waals surface area contributed by atoms with E-state index in [4.69, 9.17) is 0 Å². The summed E-state index contributed by atoms with van der Waals surface area (Å²) in [5, 5.41) is 21.3. The Labute approximate surface area is 124 Å². The fourth-order valence-electron chi connectivity index (χ4n) is 2.93. The van der Waals surface area contributed by atoms with Crippen molar-refractivity contribution in [1.29, 1.82) is 0 Å². The molecule has 1 aliphatic rings. The minimum absolute atomic E-state index is 0.0179. The number of carboxylic acids is 1. The lowest BCUT2D eigenvalue weighted by molar-refractivity contribution is -0.143. The largest absolute Gasteiger partial charge is 0.508 e. The average molecular weight is 291 g/mol. The van der Waals surface area contributed by atoms with Gasteiger partial charge in [-0.1, -0.05) is 31.4 Å². The first-order valence-electron chi connectivity index (χ1n) is 7.36. The molecule has 1 aromatic carbocycles. The van der Waals surface area contributed by atoms with Crippen molar-refractivity contribution >= 4 is 11.9 Å². The summed E-state index contributed by atoms with van der Waals surface area (Å²) in [6, 6.07) is 5.62. The van der Waals surface area contributed by atoms with E-state index in [9.17, 15) is 19.8 Å². The van der Waals surface area contributed by atoms with Crippen LogP contribution in [0.25, 0.3) is 0 Å². The molecule has 21 heavy (non-hydrogen) atoms. The molecule has 0 bridgehead atoms. The summed E-state index contributed by atoms with van der Waals surface area (Å²) in [5.74, 6) is -1.17. The predicted octanol–water partition coefficient (Wildman–Crippen LogP) is 2.08. The normalized spacial score (nSPS) is 17.1. The molecule has 0 saturated heterocycles. The van der Waals surface area contributed by atoms with Crippen molar-refractivity contribution in [3.63, 3.8) is 0 Å². The van der Waals surface area contributed by atoms with E-state index >= 15 is 0 Å². The molecule has 1 atom stereocenters. The van der Waals surface area contributed by atoms with Gasteiger partial charge in [0.05, 0.1) is 6.42 Å². The van der Waals surface area contributed by atoms with Crippen LogP contribution in [0.4, 0.5) is 0 Å². The van der Waals surface area contributed by atoms with Crippen LogP contribution in [0.5, 0.6) is 5.75 Å². The molecule has 3 N–H and O–H groups in total. The second-order valence-electron chi connectivity index (χ2n) is 5.63. The van der Waals surface area contributed by atoms with E-state index in [1.54, 1.807) is 12.1 Å². The number of carbonyl (C=O) groups is 2. The first-order chi connectivity index (χ1) is 10.1. The fraction of sp³-hybridized carbons (Fsp3) is 0.500. The molecule has 1 amide bonds. The Morgan fingerprint density at radius 3 is 2.57 bits per heavy atom. The molecule has 1 aromatic rings. The molecule has 5 heteroatoms. The Bertz CT molecular complexity index is 509. The number of carboxylic acid groups (broad SMARTS) is 1. The highest BCUT2D eigenvalue weighted by Crippen LogP contribution is 2.26. The highest BCUT2D eigenvalue weighted by Gasteiger charge is 2.30. The second kappa shape index (κ2) is 7.11. The molecular weight excluding hydrogens is 270 g/mol. The van der Waals surface area contributed by atoms with Gasteiger partial charge in [-0.2, -0.15) is 0 Å². The van der Waals surface area contributed by atoms with Crippen LogP contribution in [-0.4, -0.2) is 28.1 Å². The SMILES string of the molecule is O=C(Cc1cccc(O)c1)NC(C(=O)O)C1CCCCC1. The molecule has 1 fully saturated rings. The molecule has 0 spiro atoms. The number of rotatable bonds is 5. The summed E-state index contributed by atoms with van der Waals surface area (Å²) in [4.78, 5) is 23.4. The van der Waals surface area contributed by atoms with Gasteiger partial charge in [-0.3, -0.25) is 4.79 Å². The Morgan fingerprint density at radius 1 is 1.24 bits per heavy atom. The lowest BCUT2D eigenvalue weighted by atomic mass is 9.84. The molecule has 0 radical (unpaired) electrons. The lowest BCUT2D eigenvalue weighted by Crippen LogP contribution is -2.47. The zero-order valence-electron chi connectivity index (χ0n) is 11.9. The third kappa shape index (κ3) is 4.48. The Morgan fingerprint density at radius 2 is 1.95 bits per heavy atom. The Balaban J connectivity index is 1.96. The van der Waals surface area contributed by atoms with Crippen molar-refractivity contribution in [2.24, 2.45) is 5.92 Å². The van der Waals surface area contributed by atoms with Gasteiger partial charge in [0.15, 0.2) is 0 Å². The highest BCUT2D eigenvalue weighted by atomic mass is 16.4. The minimum atomic E-state index is -0.967. The monoisotopic (exact) mass is 291 g/mol. The maximum atomic E-state index is 12.0. The predicted molar refractivity (Wildman–Crippen MR) is 78.0 cm³/mol. The molecule has 1 unspecified atom stereocenters. The average Bonchev–Trinajstić information content (AvgIpc) is 2.45. The van der Waals surface area contributed by atoms with Crippen LogP contribution in [0.2, 0.25) is 0 Å². The highest BCUT2D eigenvalue weighted by molar-refractivity contribution is 5.85. The summed E-state index contributed by atoms with van der Waals surface area (Å²) >= 11 is 0. The Hall–Kier alpha value is -2.04. The molecule has 2 rings (SSSR count). The molecule has 5 nitrogen and oxygen atoms in total. The van der Waals surface area contributed by atoms with Gasteiger partial charge < -0.3 is 15.5 Å². The van der Waals surface area contributed by atoms with E-state index in [0.717, 1.165) is 32.1 Å². The molecule has 1 aliphatic carbocycles. The fourth-order valence-corrected chi connectivity index (χ4v) is 2.93. The van der Waals surface area contributed by atoms with Gasteiger partial charge in [-0.25, -0.2) is 4.79 Å². The Kier molecular flexibility index (Phi) is 5.20. The standard InChI is InChI=1S/C16H21NO4/c18-13-8-4-5-11(9-13)10-14(19)17-15(16(20)21)12-6-2-1-3-7-12/h4-5,8-9,12,15,18H,1-3,6-7,10H2,(H,17,19)(H,20,21). The van der Waals surface area contributed by atoms with Crippen LogP contribution in [0.3, 0.4) is 0 Å². The number of hydrogen-bond donors (Lipinski definition) is 3. The first-order valence-corrected chi connectivity index (χ1v) is 7.36. The van der Waals surface area contributed by atoms with Crippen molar-refractivity contribution in [2.75, 3.05) is 0 Å². The van der Waals surface area contributed by atoms with Crippen LogP contribution >= 0.6 is 0 Å². The van der Waals surface area contributed by atoms with Gasteiger partial charge in [0, 0.05) is 0 Å². The molecule has 114 valence electrons. The summed E-state index contributed by atoms with van der Waals surface area (Å²) in [5.41, 5.74) is 0.667. The van der Waals surface area contributed by atoms with Crippen LogP contribution in [-0.2, 0) is 16.0 Å². The van der Waals surface area contributed by atoms with Crippen LogP contribution in [0.15, 0.2) is 24.3 Å². The van der Waals surface area contributed by atoms with Crippen molar-refractivity contribution in [2.45, 2.75) is 44.6 Å². The summed E-state index contributed by atoms with van der Waals surface area (Å²) in [7, 11) is 0. The zero-order valence-corrected chi connectivity index (χ0v) is 11.9. The van der Waals surface area contributed by atoms with Gasteiger partial charge in [-0.15, -0.1) is 0 Å². The topological polar surface area (TPSA) is 86.6 Å². The van der Waals surface area contributed by atoms with Crippen LogP contribution < -0.4 is 5.32 Å². The van der Waals surface area contributed by atoms with Crippen LogP contribution in [0, 0.1) is 5.92 Å². The lowest BCUT2D eigenvalue weighted by Gasteiger charge is -2.28. The minimum Gasteiger partial charge on any atom is -0.508 e. The zero-order chi connectivity index (χ0) is 15.2. The smallest absolute Gasteiger partial charge is 0.326 e. The molecule has 0 heterocycles. The number of carbonyl (C=O) groups excluding carboxylic acids is 1. The van der Waals surface area contributed by atoms with Gasteiger partial charge in [-0.05, 0) is 36.5 Å². The third-order valence-corrected chi connectivity index (χ3v) is 3.98.